The molecule has 2 heterocycles. The quantitative estimate of drug-likeness (QED) is 0.756. The molecule has 6 nitrogen and oxygen atoms in total. The number of aromatic nitrogens is 2. The molecule has 2 aliphatic rings. The molecule has 7 heteroatoms. The second-order valence-electron chi connectivity index (χ2n) is 5.67. The lowest BCUT2D eigenvalue weighted by Crippen LogP contribution is -2.63. The van der Waals surface area contributed by atoms with E-state index in [9.17, 15) is 8.42 Å². The lowest BCUT2D eigenvalue weighted by atomic mass is 9.58. The second kappa shape index (κ2) is 4.42. The zero-order valence-corrected chi connectivity index (χ0v) is 11.6. The van der Waals surface area contributed by atoms with Crippen LogP contribution in [0.3, 0.4) is 0 Å². The number of hydrogen-bond acceptors (Lipinski definition) is 6. The molecule has 104 valence electrons. The Balaban J connectivity index is 1.46. The molecule has 1 saturated heterocycles. The summed E-state index contributed by atoms with van der Waals surface area (Å²) < 4.78 is 26.7. The number of anilines is 1. The summed E-state index contributed by atoms with van der Waals surface area (Å²) >= 11 is 0. The molecule has 1 aromatic rings. The van der Waals surface area contributed by atoms with E-state index in [0.29, 0.717) is 17.9 Å². The maximum absolute atomic E-state index is 10.9. The van der Waals surface area contributed by atoms with Gasteiger partial charge in [-0.25, -0.2) is 9.97 Å². The summed E-state index contributed by atoms with van der Waals surface area (Å²) in [5.74, 6) is 1.15. The zero-order valence-electron chi connectivity index (χ0n) is 10.8. The molecular weight excluding hydrogens is 266 g/mol. The van der Waals surface area contributed by atoms with Crippen LogP contribution >= 0.6 is 0 Å². The van der Waals surface area contributed by atoms with Gasteiger partial charge in [0.1, 0.15) is 0 Å². The first kappa shape index (κ1) is 12.8. The molecule has 0 amide bonds. The molecule has 0 atom stereocenters. The predicted octanol–water partition coefficient (Wildman–Crippen LogP) is 0.669. The summed E-state index contributed by atoms with van der Waals surface area (Å²) in [6.45, 7) is 2.25. The lowest BCUT2D eigenvalue weighted by molar-refractivity contribution is -0.000200. The third kappa shape index (κ3) is 2.71. The van der Waals surface area contributed by atoms with Crippen molar-refractivity contribution in [1.29, 1.82) is 0 Å². The van der Waals surface area contributed by atoms with Crippen molar-refractivity contribution in [3.05, 3.63) is 18.5 Å². The number of hydrogen-bond donors (Lipinski definition) is 0. The summed E-state index contributed by atoms with van der Waals surface area (Å²) in [6.07, 6.45) is 6.66. The largest absolute Gasteiger partial charge is 0.340 e. The van der Waals surface area contributed by atoms with Crippen molar-refractivity contribution >= 4 is 16.1 Å². The van der Waals surface area contributed by atoms with Gasteiger partial charge in [0.2, 0.25) is 5.95 Å². The van der Waals surface area contributed by atoms with E-state index in [1.165, 1.54) is 0 Å². The van der Waals surface area contributed by atoms with E-state index in [-0.39, 0.29) is 0 Å². The van der Waals surface area contributed by atoms with Gasteiger partial charge >= 0.3 is 0 Å². The Kier molecular flexibility index (Phi) is 2.98. The van der Waals surface area contributed by atoms with Crippen molar-refractivity contribution in [2.75, 3.05) is 30.9 Å². The monoisotopic (exact) mass is 283 g/mol. The van der Waals surface area contributed by atoms with Crippen molar-refractivity contribution in [3.63, 3.8) is 0 Å². The summed E-state index contributed by atoms with van der Waals surface area (Å²) in [5.41, 5.74) is 0.338. The fourth-order valence-corrected chi connectivity index (χ4v) is 3.56. The van der Waals surface area contributed by atoms with E-state index in [0.717, 1.165) is 38.1 Å². The summed E-state index contributed by atoms with van der Waals surface area (Å²) in [6, 6.07) is 1.81. The van der Waals surface area contributed by atoms with Crippen LogP contribution < -0.4 is 4.90 Å². The summed E-state index contributed by atoms with van der Waals surface area (Å²) in [4.78, 5) is 10.6. The average molecular weight is 283 g/mol. The minimum Gasteiger partial charge on any atom is -0.340 e. The first-order chi connectivity index (χ1) is 8.96. The zero-order chi connectivity index (χ0) is 13.5. The molecule has 0 bridgehead atoms. The molecule has 1 aromatic heterocycles. The van der Waals surface area contributed by atoms with Crippen LogP contribution in [0.2, 0.25) is 0 Å². The minimum absolute atomic E-state index is 0.322. The van der Waals surface area contributed by atoms with Crippen LogP contribution in [0, 0.1) is 11.3 Å². The standard InChI is InChI=1S/C12H17N3O3S/c1-19(16,17)18-7-10-5-12(6-10)8-15(9-12)11-13-3-2-4-14-11/h2-4,10H,5-9H2,1H3. The molecular formula is C12H17N3O3S. The average Bonchev–Trinajstić information content (AvgIpc) is 2.24. The Hall–Kier alpha value is -1.21. The molecule has 2 fully saturated rings. The van der Waals surface area contributed by atoms with Gasteiger partial charge in [-0.2, -0.15) is 8.42 Å². The van der Waals surface area contributed by atoms with Crippen molar-refractivity contribution < 1.29 is 12.6 Å². The van der Waals surface area contributed by atoms with E-state index in [1.807, 2.05) is 0 Å². The lowest BCUT2D eigenvalue weighted by Gasteiger charge is -2.59. The smallest absolute Gasteiger partial charge is 0.264 e. The van der Waals surface area contributed by atoms with Gasteiger partial charge in [-0.3, -0.25) is 4.18 Å². The Labute approximate surface area is 112 Å². The molecule has 1 spiro atoms. The van der Waals surface area contributed by atoms with Gasteiger partial charge in [-0.05, 0) is 24.8 Å². The minimum atomic E-state index is -3.31. The summed E-state index contributed by atoms with van der Waals surface area (Å²) in [7, 11) is -3.31. The van der Waals surface area contributed by atoms with Gasteiger partial charge in [0.05, 0.1) is 12.9 Å². The van der Waals surface area contributed by atoms with Gasteiger partial charge < -0.3 is 4.90 Å². The van der Waals surface area contributed by atoms with Crippen LogP contribution in [0.1, 0.15) is 12.8 Å². The summed E-state index contributed by atoms with van der Waals surface area (Å²) in [5, 5.41) is 0. The van der Waals surface area contributed by atoms with Crippen molar-refractivity contribution in [1.82, 2.24) is 9.97 Å². The predicted molar refractivity (Wildman–Crippen MR) is 70.2 cm³/mol. The normalized spacial score (nSPS) is 22.1. The molecule has 0 unspecified atom stereocenters. The van der Waals surface area contributed by atoms with Crippen LogP contribution in [0.25, 0.3) is 0 Å². The van der Waals surface area contributed by atoms with Gasteiger partial charge in [-0.1, -0.05) is 0 Å². The van der Waals surface area contributed by atoms with Crippen molar-refractivity contribution in [2.24, 2.45) is 11.3 Å². The third-order valence-corrected chi connectivity index (χ3v) is 4.41. The first-order valence-corrected chi connectivity index (χ1v) is 8.14. The maximum Gasteiger partial charge on any atom is 0.264 e. The molecule has 1 aliphatic heterocycles. The Morgan fingerprint density at radius 3 is 2.58 bits per heavy atom. The SMILES string of the molecule is CS(=O)(=O)OCC1CC2(C1)CN(c1ncccn1)C2. The highest BCUT2D eigenvalue weighted by molar-refractivity contribution is 7.85. The first-order valence-electron chi connectivity index (χ1n) is 6.32. The topological polar surface area (TPSA) is 72.4 Å². The molecule has 0 N–H and O–H groups in total. The highest BCUT2D eigenvalue weighted by atomic mass is 32.2. The van der Waals surface area contributed by atoms with Crippen LogP contribution in [-0.2, 0) is 14.3 Å². The second-order valence-corrected chi connectivity index (χ2v) is 7.31. The van der Waals surface area contributed by atoms with E-state index < -0.39 is 10.1 Å². The Bertz CT molecular complexity index is 547. The fourth-order valence-electron chi connectivity index (χ4n) is 3.12. The van der Waals surface area contributed by atoms with Gasteiger partial charge in [-0.15, -0.1) is 0 Å². The van der Waals surface area contributed by atoms with Crippen LogP contribution in [0.15, 0.2) is 18.5 Å². The molecule has 0 aromatic carbocycles. The number of nitrogens with zero attached hydrogens (tertiary/aromatic N) is 3. The van der Waals surface area contributed by atoms with Crippen molar-refractivity contribution in [2.45, 2.75) is 12.8 Å². The van der Waals surface area contributed by atoms with Crippen LogP contribution in [-0.4, -0.2) is 44.3 Å². The molecule has 19 heavy (non-hydrogen) atoms. The van der Waals surface area contributed by atoms with E-state index in [4.69, 9.17) is 4.18 Å². The van der Waals surface area contributed by atoms with E-state index in [2.05, 4.69) is 14.9 Å². The maximum atomic E-state index is 10.9. The molecule has 0 radical (unpaired) electrons. The van der Waals surface area contributed by atoms with Crippen molar-refractivity contribution in [3.8, 4) is 0 Å². The highest BCUT2D eigenvalue weighted by Gasteiger charge is 2.53. The van der Waals surface area contributed by atoms with E-state index in [1.54, 1.807) is 18.5 Å². The van der Waals surface area contributed by atoms with Gasteiger partial charge in [0.15, 0.2) is 0 Å². The number of rotatable bonds is 4. The highest BCUT2D eigenvalue weighted by Crippen LogP contribution is 2.52. The fraction of sp³-hybridized carbons (Fsp3) is 0.667. The Morgan fingerprint density at radius 2 is 2.00 bits per heavy atom. The van der Waals surface area contributed by atoms with Gasteiger partial charge in [0, 0.05) is 30.9 Å². The van der Waals surface area contributed by atoms with Crippen LogP contribution in [0.4, 0.5) is 5.95 Å². The van der Waals surface area contributed by atoms with E-state index >= 15 is 0 Å². The molecule has 1 saturated carbocycles. The van der Waals surface area contributed by atoms with Gasteiger partial charge in [0.25, 0.3) is 10.1 Å². The molecule has 3 rings (SSSR count). The van der Waals surface area contributed by atoms with Crippen LogP contribution in [0.5, 0.6) is 0 Å². The Morgan fingerprint density at radius 1 is 1.37 bits per heavy atom. The molecule has 1 aliphatic carbocycles. The third-order valence-electron chi connectivity index (χ3n) is 3.85.